The predicted molar refractivity (Wildman–Crippen MR) is 44.2 cm³/mol. The van der Waals surface area contributed by atoms with Gasteiger partial charge in [-0.3, -0.25) is 0 Å². The molecule has 0 aromatic rings. The van der Waals surface area contributed by atoms with Crippen molar-refractivity contribution in [1.82, 2.24) is 5.32 Å². The van der Waals surface area contributed by atoms with Crippen LogP contribution in [0.4, 0.5) is 0 Å². The fourth-order valence-corrected chi connectivity index (χ4v) is 0.828. The van der Waals surface area contributed by atoms with Gasteiger partial charge >= 0.3 is 80.7 Å². The Bertz CT molecular complexity index is 155. The quantitative estimate of drug-likeness (QED) is 0.309. The third-order valence-corrected chi connectivity index (χ3v) is 1.88. The summed E-state index contributed by atoms with van der Waals surface area (Å²) in [6.07, 6.45) is 0. The predicted octanol–water partition coefficient (Wildman–Crippen LogP) is -2.04. The first-order valence-corrected chi connectivity index (χ1v) is 5.31. The molecule has 0 aliphatic carbocycles. The van der Waals surface area contributed by atoms with E-state index in [0.29, 0.717) is 17.2 Å². The van der Waals surface area contributed by atoms with E-state index in [4.69, 9.17) is 11.5 Å². The van der Waals surface area contributed by atoms with Gasteiger partial charge in [0.2, 0.25) is 0 Å². The maximum atomic E-state index is 10.7. The Hall–Kier alpha value is -0.364. The minimum absolute atomic E-state index is 0.0470. The van der Waals surface area contributed by atoms with Gasteiger partial charge in [-0.05, 0) is 0 Å². The molecule has 11 heavy (non-hydrogen) atoms. The fourth-order valence-electron chi connectivity index (χ4n) is 0.431. The summed E-state index contributed by atoms with van der Waals surface area (Å²) in [6, 6.07) is 0. The second-order valence-corrected chi connectivity index (χ2v) is 2.92. The van der Waals surface area contributed by atoms with Crippen LogP contribution in [0.3, 0.4) is 0 Å². The molecule has 0 bridgehead atoms. The summed E-state index contributed by atoms with van der Waals surface area (Å²) < 4.78 is 0.571. The second-order valence-electron chi connectivity index (χ2n) is 1.80. The number of carbonyl (C=O) groups is 1. The van der Waals surface area contributed by atoms with Gasteiger partial charge in [0.1, 0.15) is 0 Å². The number of carbonyl (C=O) groups excluding carboxylic acids is 1. The van der Waals surface area contributed by atoms with Crippen LogP contribution < -0.4 is 16.8 Å². The Morgan fingerprint density at radius 2 is 2.18 bits per heavy atom. The number of amides is 1. The summed E-state index contributed by atoms with van der Waals surface area (Å²) in [6.45, 7) is 0.952. The van der Waals surface area contributed by atoms with Crippen LogP contribution in [-0.4, -0.2) is 50.0 Å². The number of nitrogens with zero attached hydrogens (tertiary/aromatic N) is 1. The molecule has 1 radical (unpaired) electrons. The standard InChI is InChI=1S/C5H11N4O.Po/c1-4(10)8-2-3-9-5(6)7;/h1-3H2,(H,8,10)(H4,6,7,9);. The first kappa shape index (κ1) is 10.6. The van der Waals surface area contributed by atoms with E-state index in [9.17, 15) is 4.79 Å². The summed E-state index contributed by atoms with van der Waals surface area (Å²) in [5.41, 5.74) is 10.1. The van der Waals surface area contributed by atoms with Gasteiger partial charge in [-0.1, -0.05) is 0 Å². The van der Waals surface area contributed by atoms with Crippen molar-refractivity contribution in [2.45, 2.75) is 4.08 Å². The molecule has 0 heterocycles. The van der Waals surface area contributed by atoms with Gasteiger partial charge < -0.3 is 0 Å². The molecule has 5 N–H and O–H groups in total. The second kappa shape index (κ2) is 6.35. The Labute approximate surface area is 80.7 Å². The summed E-state index contributed by atoms with van der Waals surface area (Å²) in [5, 5.41) is 2.65. The van der Waals surface area contributed by atoms with Crippen molar-refractivity contribution >= 4 is 36.9 Å². The summed E-state index contributed by atoms with van der Waals surface area (Å²) >= 11 is 1.25. The van der Waals surface area contributed by atoms with Crippen LogP contribution in [0.1, 0.15) is 0 Å². The van der Waals surface area contributed by atoms with Crippen molar-refractivity contribution in [1.29, 1.82) is 0 Å². The normalized spacial score (nSPS) is 8.82. The third-order valence-electron chi connectivity index (χ3n) is 0.859. The van der Waals surface area contributed by atoms with E-state index in [1.807, 2.05) is 0 Å². The average molecular weight is 352 g/mol. The molecule has 1 amide bonds. The maximum absolute atomic E-state index is 10.7. The molecule has 6 heteroatoms. The number of hydrogen-bond acceptors (Lipinski definition) is 2. The van der Waals surface area contributed by atoms with Crippen LogP contribution in [0.25, 0.3) is 0 Å². The van der Waals surface area contributed by atoms with Crippen LogP contribution in [-0.2, 0) is 4.79 Å². The number of guanidine groups is 1. The van der Waals surface area contributed by atoms with Crippen molar-refractivity contribution in [2.24, 2.45) is 16.5 Å². The first-order chi connectivity index (χ1) is 5.16. The van der Waals surface area contributed by atoms with Crippen LogP contribution in [0.15, 0.2) is 4.99 Å². The number of aliphatic imine (C=N–C) groups is 1. The number of nitrogens with one attached hydrogen (secondary N) is 1. The number of rotatable bonds is 4. The van der Waals surface area contributed by atoms with E-state index < -0.39 is 0 Å². The van der Waals surface area contributed by atoms with Gasteiger partial charge in [-0.15, -0.1) is 0 Å². The molecule has 0 aliphatic heterocycles. The zero-order valence-electron chi connectivity index (χ0n) is 6.04. The zero-order chi connectivity index (χ0) is 8.69. The monoisotopic (exact) mass is 352 g/mol. The van der Waals surface area contributed by atoms with Crippen LogP contribution in [0, 0.1) is 0 Å². The summed E-state index contributed by atoms with van der Waals surface area (Å²) in [4.78, 5) is 14.4. The van der Waals surface area contributed by atoms with Crippen molar-refractivity contribution < 1.29 is 4.79 Å². The minimum atomic E-state index is 0.0470. The molecule has 0 unspecified atom stereocenters. The first-order valence-electron chi connectivity index (χ1n) is 3.07. The van der Waals surface area contributed by atoms with Gasteiger partial charge in [0.05, 0.1) is 0 Å². The molecule has 0 aliphatic rings. The molecule has 0 spiro atoms. The SMILES string of the molecule is NC(N)=NCCNC(=O)[CH2][Po]. The van der Waals surface area contributed by atoms with Crippen molar-refractivity contribution in [3.05, 3.63) is 0 Å². The Morgan fingerprint density at radius 3 is 2.64 bits per heavy atom. The third kappa shape index (κ3) is 7.53. The number of nitrogens with two attached hydrogens (primary N) is 2. The van der Waals surface area contributed by atoms with Crippen molar-refractivity contribution in [3.63, 3.8) is 0 Å². The molecule has 0 rings (SSSR count). The average Bonchev–Trinajstić information content (AvgIpc) is 1.97. The molecule has 0 fully saturated rings. The Kier molecular flexibility index (Phi) is 6.14. The van der Waals surface area contributed by atoms with E-state index in [2.05, 4.69) is 10.3 Å². The molecule has 0 aromatic heterocycles. The molecular formula is C5H11N4OPo. The molecule has 0 atom stereocenters. The van der Waals surface area contributed by atoms with Crippen molar-refractivity contribution in [2.75, 3.05) is 13.1 Å². The Morgan fingerprint density at radius 1 is 1.55 bits per heavy atom. The Balaban J connectivity index is 3.28. The molecular weight excluding hydrogens is 341 g/mol. The van der Waals surface area contributed by atoms with Gasteiger partial charge in [-0.2, -0.15) is 0 Å². The number of hydrogen-bond donors (Lipinski definition) is 3. The zero-order valence-corrected chi connectivity index (χ0v) is 9.21. The van der Waals surface area contributed by atoms with E-state index in [-0.39, 0.29) is 11.9 Å². The van der Waals surface area contributed by atoms with E-state index in [1.165, 1.54) is 25.1 Å². The topological polar surface area (TPSA) is 93.5 Å². The van der Waals surface area contributed by atoms with Gasteiger partial charge in [0.25, 0.3) is 0 Å². The van der Waals surface area contributed by atoms with Gasteiger partial charge in [0, 0.05) is 0 Å². The van der Waals surface area contributed by atoms with E-state index in [1.54, 1.807) is 0 Å². The van der Waals surface area contributed by atoms with E-state index >= 15 is 0 Å². The van der Waals surface area contributed by atoms with Crippen LogP contribution in [0.2, 0.25) is 4.08 Å². The summed E-state index contributed by atoms with van der Waals surface area (Å²) in [7, 11) is 0. The van der Waals surface area contributed by atoms with Crippen LogP contribution in [0.5, 0.6) is 0 Å². The van der Waals surface area contributed by atoms with Gasteiger partial charge in [-0.25, -0.2) is 0 Å². The molecule has 0 saturated carbocycles. The molecule has 63 valence electrons. The molecule has 0 saturated heterocycles. The fraction of sp³-hybridized carbons (Fsp3) is 0.600. The van der Waals surface area contributed by atoms with Crippen LogP contribution >= 0.6 is 0 Å². The van der Waals surface area contributed by atoms with E-state index in [0.717, 1.165) is 0 Å². The van der Waals surface area contributed by atoms with Crippen molar-refractivity contribution in [3.8, 4) is 0 Å². The summed E-state index contributed by atoms with van der Waals surface area (Å²) in [5.74, 6) is 0.104. The molecule has 0 aromatic carbocycles. The van der Waals surface area contributed by atoms with Gasteiger partial charge in [0.15, 0.2) is 0 Å². The molecule has 5 nitrogen and oxygen atoms in total.